The fraction of sp³-hybridized carbons (Fsp3) is 0.292. The number of aryl methyl sites for hydroxylation is 2. The number of nitrogens with one attached hydrogen (secondary N) is 3. The van der Waals surface area contributed by atoms with Crippen molar-refractivity contribution in [1.29, 1.82) is 0 Å². The summed E-state index contributed by atoms with van der Waals surface area (Å²) in [7, 11) is 0. The minimum atomic E-state index is -1.08. The van der Waals surface area contributed by atoms with Crippen LogP contribution in [0.25, 0.3) is 10.9 Å². The van der Waals surface area contributed by atoms with Gasteiger partial charge in [-0.3, -0.25) is 15.0 Å². The molecule has 0 bridgehead atoms. The van der Waals surface area contributed by atoms with E-state index in [1.54, 1.807) is 19.1 Å². The zero-order chi connectivity index (χ0) is 22.7. The molecule has 1 fully saturated rings. The second kappa shape index (κ2) is 9.04. The van der Waals surface area contributed by atoms with Gasteiger partial charge in [-0.15, -0.1) is 0 Å². The molecule has 1 unspecified atom stereocenters. The Hall–Kier alpha value is -3.32. The Labute approximate surface area is 191 Å². The van der Waals surface area contributed by atoms with Crippen molar-refractivity contribution in [3.05, 3.63) is 70.9 Å². The first-order valence-electron chi connectivity index (χ1n) is 10.6. The fourth-order valence-corrected chi connectivity index (χ4v) is 4.09. The van der Waals surface area contributed by atoms with Crippen LogP contribution in [0, 0.1) is 0 Å². The number of urea groups is 1. The molecule has 1 aliphatic heterocycles. The Morgan fingerprint density at radius 3 is 2.62 bits per heavy atom. The van der Waals surface area contributed by atoms with Gasteiger partial charge in [-0.2, -0.15) is 5.01 Å². The second-order valence-corrected chi connectivity index (χ2v) is 8.71. The van der Waals surface area contributed by atoms with Gasteiger partial charge >= 0.3 is 6.03 Å². The van der Waals surface area contributed by atoms with Gasteiger partial charge in [0.05, 0.1) is 0 Å². The number of aromatic amines is 1. The molecule has 7 nitrogen and oxygen atoms in total. The molecular formula is C24H25ClN4O3. The van der Waals surface area contributed by atoms with Gasteiger partial charge in [-0.25, -0.2) is 4.79 Å². The number of H-pyrrole nitrogens is 1. The normalized spacial score (nSPS) is 18.2. The molecule has 2 aromatic carbocycles. The Balaban J connectivity index is 1.29. The minimum Gasteiger partial charge on any atom is -0.361 e. The number of fused-ring (bicyclic) bond motifs is 1. The van der Waals surface area contributed by atoms with Crippen molar-refractivity contribution >= 4 is 40.3 Å². The van der Waals surface area contributed by atoms with Crippen molar-refractivity contribution in [2.75, 3.05) is 0 Å². The van der Waals surface area contributed by atoms with Crippen molar-refractivity contribution in [3.8, 4) is 0 Å². The number of benzene rings is 2. The van der Waals surface area contributed by atoms with Crippen LogP contribution in [0.4, 0.5) is 4.79 Å². The van der Waals surface area contributed by atoms with Gasteiger partial charge in [-0.05, 0) is 61.9 Å². The Morgan fingerprint density at radius 1 is 1.09 bits per heavy atom. The maximum Gasteiger partial charge on any atom is 0.344 e. The minimum absolute atomic E-state index is 0.206. The van der Waals surface area contributed by atoms with Crippen molar-refractivity contribution in [1.82, 2.24) is 20.7 Å². The molecule has 0 aliphatic carbocycles. The van der Waals surface area contributed by atoms with Gasteiger partial charge in [0, 0.05) is 28.5 Å². The molecule has 1 atom stereocenters. The third-order valence-electron chi connectivity index (χ3n) is 5.85. The molecule has 1 aromatic heterocycles. The van der Waals surface area contributed by atoms with E-state index in [-0.39, 0.29) is 12.3 Å². The van der Waals surface area contributed by atoms with Gasteiger partial charge in [0.1, 0.15) is 5.54 Å². The molecule has 0 spiro atoms. The van der Waals surface area contributed by atoms with E-state index in [0.717, 1.165) is 33.5 Å². The molecule has 8 heteroatoms. The van der Waals surface area contributed by atoms with Crippen LogP contribution in [0.15, 0.2) is 54.7 Å². The third kappa shape index (κ3) is 4.62. The summed E-state index contributed by atoms with van der Waals surface area (Å²) < 4.78 is 0. The number of aromatic nitrogens is 1. The van der Waals surface area contributed by atoms with Crippen LogP contribution in [-0.2, 0) is 22.4 Å². The summed E-state index contributed by atoms with van der Waals surface area (Å²) in [5.74, 6) is -0.822. The maximum atomic E-state index is 12.9. The smallest absolute Gasteiger partial charge is 0.344 e. The summed E-state index contributed by atoms with van der Waals surface area (Å²) in [6.45, 7) is 1.67. The van der Waals surface area contributed by atoms with Crippen molar-refractivity contribution in [2.24, 2.45) is 0 Å². The number of halogens is 1. The maximum absolute atomic E-state index is 12.9. The molecule has 4 amide bonds. The number of nitrogens with zero attached hydrogens (tertiary/aromatic N) is 1. The number of carbonyl (C=O) groups is 3. The number of rotatable bonds is 8. The zero-order valence-electron chi connectivity index (χ0n) is 17.8. The Bertz CT molecular complexity index is 1160. The summed E-state index contributed by atoms with van der Waals surface area (Å²) in [6, 6.07) is 14.7. The number of para-hydroxylation sites is 1. The van der Waals surface area contributed by atoms with Crippen LogP contribution < -0.4 is 10.7 Å². The van der Waals surface area contributed by atoms with Crippen LogP contribution in [0.2, 0.25) is 5.02 Å². The van der Waals surface area contributed by atoms with Crippen molar-refractivity contribution in [3.63, 3.8) is 0 Å². The first kappa shape index (κ1) is 21.9. The van der Waals surface area contributed by atoms with E-state index in [1.165, 1.54) is 0 Å². The SMILES string of the molecule is CC1(CCc2ccc(Cl)cc2)NC(=O)N(NC(=O)CCCc2c[nH]c3ccccc23)C1=O. The van der Waals surface area contributed by atoms with Crippen LogP contribution in [-0.4, -0.2) is 33.4 Å². The van der Waals surface area contributed by atoms with Crippen LogP contribution in [0.5, 0.6) is 0 Å². The standard InChI is InChI=1S/C24H25ClN4O3/c1-24(14-13-16-9-11-18(25)12-10-16)22(31)29(23(32)27-24)28-21(30)8-4-5-17-15-26-20-7-3-2-6-19(17)20/h2-3,6-7,9-12,15,26H,4-5,8,13-14H2,1H3,(H,27,32)(H,28,30). The van der Waals surface area contributed by atoms with E-state index >= 15 is 0 Å². The summed E-state index contributed by atoms with van der Waals surface area (Å²) in [4.78, 5) is 40.8. The topological polar surface area (TPSA) is 94.3 Å². The molecule has 0 radical (unpaired) electrons. The largest absolute Gasteiger partial charge is 0.361 e. The lowest BCUT2D eigenvalue weighted by atomic mass is 9.93. The molecule has 3 aromatic rings. The van der Waals surface area contributed by atoms with Gasteiger partial charge in [0.15, 0.2) is 0 Å². The zero-order valence-corrected chi connectivity index (χ0v) is 18.5. The highest BCUT2D eigenvalue weighted by molar-refractivity contribution is 6.30. The second-order valence-electron chi connectivity index (χ2n) is 8.28. The molecule has 4 rings (SSSR count). The molecule has 2 heterocycles. The summed E-state index contributed by atoms with van der Waals surface area (Å²) in [5, 5.41) is 5.29. The predicted octanol–water partition coefficient (Wildman–Crippen LogP) is 4.12. The lowest BCUT2D eigenvalue weighted by Crippen LogP contribution is -2.48. The number of hydrazine groups is 1. The first-order valence-corrected chi connectivity index (χ1v) is 11.0. The highest BCUT2D eigenvalue weighted by atomic mass is 35.5. The summed E-state index contributed by atoms with van der Waals surface area (Å²) in [5.41, 5.74) is 4.60. The molecule has 166 valence electrons. The van der Waals surface area contributed by atoms with E-state index in [0.29, 0.717) is 24.3 Å². The predicted molar refractivity (Wildman–Crippen MR) is 123 cm³/mol. The summed E-state index contributed by atoms with van der Waals surface area (Å²) >= 11 is 5.91. The van der Waals surface area contributed by atoms with Gasteiger partial charge in [-0.1, -0.05) is 41.9 Å². The highest BCUT2D eigenvalue weighted by Crippen LogP contribution is 2.23. The number of amides is 4. The van der Waals surface area contributed by atoms with E-state index < -0.39 is 17.5 Å². The average molecular weight is 453 g/mol. The van der Waals surface area contributed by atoms with E-state index in [9.17, 15) is 14.4 Å². The van der Waals surface area contributed by atoms with E-state index in [1.807, 2.05) is 42.6 Å². The van der Waals surface area contributed by atoms with Crippen molar-refractivity contribution < 1.29 is 14.4 Å². The Kier molecular flexibility index (Phi) is 6.19. The molecule has 0 saturated carbocycles. The monoisotopic (exact) mass is 452 g/mol. The molecular weight excluding hydrogens is 428 g/mol. The number of hydrogen-bond acceptors (Lipinski definition) is 3. The number of imide groups is 1. The first-order chi connectivity index (χ1) is 15.4. The average Bonchev–Trinajstić information content (AvgIpc) is 3.28. The lowest BCUT2D eigenvalue weighted by Gasteiger charge is -2.21. The molecule has 1 saturated heterocycles. The Morgan fingerprint density at radius 2 is 1.84 bits per heavy atom. The third-order valence-corrected chi connectivity index (χ3v) is 6.10. The quantitative estimate of drug-likeness (QED) is 0.449. The number of hydrogen-bond donors (Lipinski definition) is 3. The van der Waals surface area contributed by atoms with Gasteiger partial charge in [0.2, 0.25) is 5.91 Å². The van der Waals surface area contributed by atoms with Crippen molar-refractivity contribution in [2.45, 2.75) is 44.6 Å². The van der Waals surface area contributed by atoms with Crippen LogP contribution >= 0.6 is 11.6 Å². The van der Waals surface area contributed by atoms with Crippen LogP contribution in [0.3, 0.4) is 0 Å². The summed E-state index contributed by atoms with van der Waals surface area (Å²) in [6.07, 6.45) is 4.48. The lowest BCUT2D eigenvalue weighted by molar-refractivity contribution is -0.138. The van der Waals surface area contributed by atoms with E-state index in [2.05, 4.69) is 15.7 Å². The van der Waals surface area contributed by atoms with E-state index in [4.69, 9.17) is 11.6 Å². The molecule has 1 aliphatic rings. The number of carbonyl (C=O) groups excluding carboxylic acids is 3. The molecule has 32 heavy (non-hydrogen) atoms. The highest BCUT2D eigenvalue weighted by Gasteiger charge is 2.48. The molecule has 3 N–H and O–H groups in total. The van der Waals surface area contributed by atoms with Gasteiger partial charge in [0.25, 0.3) is 5.91 Å². The fourth-order valence-electron chi connectivity index (χ4n) is 3.96. The van der Waals surface area contributed by atoms with Gasteiger partial charge < -0.3 is 10.3 Å². The van der Waals surface area contributed by atoms with Crippen LogP contribution in [0.1, 0.15) is 37.3 Å².